The summed E-state index contributed by atoms with van der Waals surface area (Å²) in [6.45, 7) is 7.42. The van der Waals surface area contributed by atoms with E-state index >= 15 is 0 Å². The van der Waals surface area contributed by atoms with Crippen LogP contribution in [0, 0.1) is 12.0 Å². The van der Waals surface area contributed by atoms with Crippen LogP contribution in [-0.2, 0) is 4.79 Å². The van der Waals surface area contributed by atoms with Gasteiger partial charge in [0.1, 0.15) is 0 Å². The van der Waals surface area contributed by atoms with Crippen LogP contribution in [0.4, 0.5) is 5.69 Å². The summed E-state index contributed by atoms with van der Waals surface area (Å²) in [7, 11) is 0. The molecule has 0 aromatic heterocycles. The Hall–Kier alpha value is -1.51. The smallest absolute Gasteiger partial charge is 0.225 e. The van der Waals surface area contributed by atoms with Crippen LogP contribution in [0.15, 0.2) is 24.3 Å². The maximum Gasteiger partial charge on any atom is 0.225 e. The number of hydrogen-bond donors (Lipinski definition) is 0. The van der Waals surface area contributed by atoms with Gasteiger partial charge in [0.15, 0.2) is 0 Å². The minimum Gasteiger partial charge on any atom is -0.368 e. The van der Waals surface area contributed by atoms with Crippen molar-refractivity contribution in [2.75, 3.05) is 31.1 Å². The van der Waals surface area contributed by atoms with Gasteiger partial charge in [-0.2, -0.15) is 0 Å². The van der Waals surface area contributed by atoms with E-state index in [9.17, 15) is 4.79 Å². The summed E-state index contributed by atoms with van der Waals surface area (Å²) < 4.78 is 0. The van der Waals surface area contributed by atoms with E-state index in [0.29, 0.717) is 0 Å². The molecule has 1 aromatic carbocycles. The molecule has 17 heavy (non-hydrogen) atoms. The summed E-state index contributed by atoms with van der Waals surface area (Å²) in [6.07, 6.45) is 0. The van der Waals surface area contributed by atoms with Crippen LogP contribution in [-0.4, -0.2) is 37.0 Å². The summed E-state index contributed by atoms with van der Waals surface area (Å²) >= 11 is 0. The summed E-state index contributed by atoms with van der Waals surface area (Å²) in [5, 5.41) is 0. The lowest BCUT2D eigenvalue weighted by molar-refractivity contribution is -0.134. The molecule has 1 radical (unpaired) electrons. The maximum absolute atomic E-state index is 11.8. The van der Waals surface area contributed by atoms with Gasteiger partial charge in [0.05, 0.1) is 0 Å². The van der Waals surface area contributed by atoms with Crippen LogP contribution < -0.4 is 4.90 Å². The monoisotopic (exact) mass is 231 g/mol. The molecule has 1 saturated heterocycles. The summed E-state index contributed by atoms with van der Waals surface area (Å²) in [5.41, 5.74) is 1.22. The fourth-order valence-corrected chi connectivity index (χ4v) is 2.14. The second kappa shape index (κ2) is 5.21. The quantitative estimate of drug-likeness (QED) is 0.774. The summed E-state index contributed by atoms with van der Waals surface area (Å²) in [6, 6.07) is 11.0. The second-order valence-electron chi connectivity index (χ2n) is 4.73. The third-order valence-corrected chi connectivity index (χ3v) is 3.15. The van der Waals surface area contributed by atoms with E-state index in [1.54, 1.807) is 0 Å². The van der Waals surface area contributed by atoms with Crippen molar-refractivity contribution in [2.45, 2.75) is 13.8 Å². The average molecular weight is 231 g/mol. The van der Waals surface area contributed by atoms with Gasteiger partial charge < -0.3 is 9.80 Å². The molecule has 2 rings (SSSR count). The van der Waals surface area contributed by atoms with E-state index in [-0.39, 0.29) is 11.8 Å². The topological polar surface area (TPSA) is 23.6 Å². The first-order valence-electron chi connectivity index (χ1n) is 6.18. The third kappa shape index (κ3) is 2.78. The van der Waals surface area contributed by atoms with E-state index in [4.69, 9.17) is 0 Å². The van der Waals surface area contributed by atoms with E-state index in [1.807, 2.05) is 30.9 Å². The molecule has 0 saturated carbocycles. The first kappa shape index (κ1) is 12.0. The Balaban J connectivity index is 1.93. The Morgan fingerprint density at radius 1 is 1.18 bits per heavy atom. The highest BCUT2D eigenvalue weighted by Gasteiger charge is 2.22. The molecule has 1 heterocycles. The van der Waals surface area contributed by atoms with Gasteiger partial charge in [-0.1, -0.05) is 26.0 Å². The van der Waals surface area contributed by atoms with Crippen molar-refractivity contribution in [3.05, 3.63) is 30.3 Å². The van der Waals surface area contributed by atoms with Gasteiger partial charge in [0.2, 0.25) is 5.91 Å². The highest BCUT2D eigenvalue weighted by molar-refractivity contribution is 5.78. The molecular weight excluding hydrogens is 212 g/mol. The van der Waals surface area contributed by atoms with Crippen molar-refractivity contribution >= 4 is 11.6 Å². The van der Waals surface area contributed by atoms with Gasteiger partial charge in [0, 0.05) is 37.8 Å². The third-order valence-electron chi connectivity index (χ3n) is 3.15. The molecule has 1 amide bonds. The molecule has 0 aliphatic carbocycles. The average Bonchev–Trinajstić information content (AvgIpc) is 2.39. The highest BCUT2D eigenvalue weighted by Crippen LogP contribution is 2.16. The van der Waals surface area contributed by atoms with Crippen molar-refractivity contribution in [3.63, 3.8) is 0 Å². The minimum atomic E-state index is 0.105. The molecule has 3 nitrogen and oxygen atoms in total. The molecule has 1 aliphatic rings. The number of rotatable bonds is 2. The number of anilines is 1. The molecule has 0 bridgehead atoms. The fourth-order valence-electron chi connectivity index (χ4n) is 2.14. The number of carbonyl (C=O) groups excluding carboxylic acids is 1. The van der Waals surface area contributed by atoms with Crippen LogP contribution in [0.1, 0.15) is 13.8 Å². The summed E-state index contributed by atoms with van der Waals surface area (Å²) in [5.74, 6) is 0.374. The van der Waals surface area contributed by atoms with Gasteiger partial charge >= 0.3 is 0 Å². The van der Waals surface area contributed by atoms with Crippen molar-refractivity contribution in [3.8, 4) is 0 Å². The van der Waals surface area contributed by atoms with Crippen molar-refractivity contribution < 1.29 is 4.79 Å². The highest BCUT2D eigenvalue weighted by atomic mass is 16.2. The number of hydrogen-bond acceptors (Lipinski definition) is 2. The van der Waals surface area contributed by atoms with Gasteiger partial charge in [-0.05, 0) is 18.2 Å². The van der Waals surface area contributed by atoms with Crippen molar-refractivity contribution in [2.24, 2.45) is 5.92 Å². The first-order chi connectivity index (χ1) is 8.18. The first-order valence-corrected chi connectivity index (χ1v) is 6.18. The van der Waals surface area contributed by atoms with E-state index in [1.165, 1.54) is 5.69 Å². The standard InChI is InChI=1S/C14H19N2O/c1-12(2)14(17)16-10-8-15(9-11-16)13-6-4-3-5-7-13/h4-7,12H,8-11H2,1-2H3. The normalized spacial score (nSPS) is 16.4. The number of nitrogens with zero attached hydrogens (tertiary/aromatic N) is 2. The predicted molar refractivity (Wildman–Crippen MR) is 68.9 cm³/mol. The zero-order valence-electron chi connectivity index (χ0n) is 10.5. The largest absolute Gasteiger partial charge is 0.368 e. The van der Waals surface area contributed by atoms with Crippen LogP contribution in [0.5, 0.6) is 0 Å². The lowest BCUT2D eigenvalue weighted by atomic mass is 10.1. The molecule has 1 aromatic rings. The fraction of sp³-hybridized carbons (Fsp3) is 0.500. The number of benzene rings is 1. The molecule has 1 fully saturated rings. The van der Waals surface area contributed by atoms with Crippen molar-refractivity contribution in [1.82, 2.24) is 4.90 Å². The minimum absolute atomic E-state index is 0.105. The van der Waals surface area contributed by atoms with E-state index in [0.717, 1.165) is 26.2 Å². The molecule has 0 unspecified atom stereocenters. The van der Waals surface area contributed by atoms with Gasteiger partial charge in [-0.3, -0.25) is 4.79 Å². The number of piperazine rings is 1. The molecular formula is C14H19N2O. The SMILES string of the molecule is CC(C)C(=O)N1CCN(c2cc[c]cc2)CC1. The van der Waals surface area contributed by atoms with Crippen LogP contribution in [0.3, 0.4) is 0 Å². The molecule has 1 aliphatic heterocycles. The Morgan fingerprint density at radius 2 is 1.76 bits per heavy atom. The Labute approximate surface area is 103 Å². The Kier molecular flexibility index (Phi) is 3.67. The van der Waals surface area contributed by atoms with E-state index < -0.39 is 0 Å². The molecule has 3 heteroatoms. The summed E-state index contributed by atoms with van der Waals surface area (Å²) in [4.78, 5) is 16.1. The van der Waals surface area contributed by atoms with Gasteiger partial charge in [0.25, 0.3) is 0 Å². The lowest BCUT2D eigenvalue weighted by Crippen LogP contribution is -2.49. The van der Waals surface area contributed by atoms with Gasteiger partial charge in [-0.25, -0.2) is 0 Å². The molecule has 0 atom stereocenters. The van der Waals surface area contributed by atoms with Gasteiger partial charge in [-0.15, -0.1) is 0 Å². The molecule has 0 spiro atoms. The number of amides is 1. The van der Waals surface area contributed by atoms with Crippen LogP contribution >= 0.6 is 0 Å². The Morgan fingerprint density at radius 3 is 2.29 bits per heavy atom. The van der Waals surface area contributed by atoms with Crippen molar-refractivity contribution in [1.29, 1.82) is 0 Å². The second-order valence-corrected chi connectivity index (χ2v) is 4.73. The zero-order chi connectivity index (χ0) is 12.3. The molecule has 91 valence electrons. The maximum atomic E-state index is 11.8. The Bertz CT molecular complexity index is 367. The van der Waals surface area contributed by atoms with Crippen LogP contribution in [0.25, 0.3) is 0 Å². The van der Waals surface area contributed by atoms with Crippen LogP contribution in [0.2, 0.25) is 0 Å². The predicted octanol–water partition coefficient (Wildman–Crippen LogP) is 1.79. The zero-order valence-corrected chi connectivity index (χ0v) is 10.5. The lowest BCUT2D eigenvalue weighted by Gasteiger charge is -2.36. The number of carbonyl (C=O) groups is 1. The van der Waals surface area contributed by atoms with E-state index in [2.05, 4.69) is 23.1 Å². The molecule has 0 N–H and O–H groups in total.